The van der Waals surface area contributed by atoms with E-state index >= 15 is 0 Å². The van der Waals surface area contributed by atoms with Gasteiger partial charge in [-0.3, -0.25) is 9.59 Å². The molecule has 1 atom stereocenters. The van der Waals surface area contributed by atoms with Gasteiger partial charge in [-0.2, -0.15) is 0 Å². The quantitative estimate of drug-likeness (QED) is 0.468. The van der Waals surface area contributed by atoms with E-state index in [1.54, 1.807) is 13.1 Å². The van der Waals surface area contributed by atoms with Crippen LogP contribution >= 0.6 is 0 Å². The fourth-order valence-corrected chi connectivity index (χ4v) is 3.98. The third-order valence-corrected chi connectivity index (χ3v) is 5.95. The maximum absolute atomic E-state index is 12.7. The molecule has 200 valence electrons. The van der Waals surface area contributed by atoms with Crippen molar-refractivity contribution in [3.05, 3.63) is 47.7 Å². The molecule has 7 nitrogen and oxygen atoms in total. The summed E-state index contributed by atoms with van der Waals surface area (Å²) in [5.41, 5.74) is 1.96. The average molecular weight is 500 g/mol. The van der Waals surface area contributed by atoms with Crippen molar-refractivity contribution in [1.82, 2.24) is 14.8 Å². The molecule has 0 bridgehead atoms. The maximum atomic E-state index is 12.7. The smallest absolute Gasteiger partial charge is 0.331 e. The molecule has 0 aliphatic heterocycles. The Morgan fingerprint density at radius 3 is 2.19 bits per heavy atom. The number of carboxylic acids is 1. The van der Waals surface area contributed by atoms with Gasteiger partial charge in [-0.25, -0.2) is 4.79 Å². The lowest BCUT2D eigenvalue weighted by molar-refractivity contribution is -0.134. The molecule has 1 heterocycles. The van der Waals surface area contributed by atoms with E-state index < -0.39 is 11.4 Å². The van der Waals surface area contributed by atoms with Gasteiger partial charge >= 0.3 is 5.97 Å². The molecule has 2 N–H and O–H groups in total. The highest BCUT2D eigenvalue weighted by Gasteiger charge is 2.28. The van der Waals surface area contributed by atoms with Crippen LogP contribution in [0.15, 0.2) is 42.1 Å². The van der Waals surface area contributed by atoms with Crippen LogP contribution in [0.5, 0.6) is 0 Å². The lowest BCUT2D eigenvalue weighted by Crippen LogP contribution is -2.45. The first-order chi connectivity index (χ1) is 16.6. The molecule has 2 aromatic rings. The van der Waals surface area contributed by atoms with E-state index in [0.29, 0.717) is 0 Å². The van der Waals surface area contributed by atoms with E-state index in [-0.39, 0.29) is 42.3 Å². The normalized spacial score (nSPS) is 12.8. The van der Waals surface area contributed by atoms with Crippen LogP contribution in [0.25, 0.3) is 10.9 Å². The Kier molecular flexibility index (Phi) is 11.4. The largest absolute Gasteiger partial charge is 0.478 e. The zero-order chi connectivity index (χ0) is 27.8. The SMILES string of the molecule is C/C(=C\[C@H](C(C)C)N(C)C(=O)CNC(=O)CC(C)(C)c1cn(C)c2ccccc12)C(=O)O.CC(C)C. The molecule has 0 saturated carbocycles. The van der Waals surface area contributed by atoms with E-state index in [2.05, 4.69) is 49.0 Å². The number of carboxylic acid groups (broad SMARTS) is 1. The summed E-state index contributed by atoms with van der Waals surface area (Å²) in [4.78, 5) is 38.0. The number of para-hydroxylation sites is 1. The fraction of sp³-hybridized carbons (Fsp3) is 0.552. The summed E-state index contributed by atoms with van der Waals surface area (Å²) in [7, 11) is 3.62. The summed E-state index contributed by atoms with van der Waals surface area (Å²) < 4.78 is 2.06. The number of benzene rings is 1. The van der Waals surface area contributed by atoms with Crippen molar-refractivity contribution in [3.63, 3.8) is 0 Å². The van der Waals surface area contributed by atoms with E-state index in [1.807, 2.05) is 46.9 Å². The molecule has 0 unspecified atom stereocenters. The molecule has 0 radical (unpaired) electrons. The Bertz CT molecular complexity index is 1080. The van der Waals surface area contributed by atoms with Crippen molar-refractivity contribution in [2.24, 2.45) is 18.9 Å². The minimum atomic E-state index is -1.01. The number of hydrogen-bond donors (Lipinski definition) is 2. The van der Waals surface area contributed by atoms with Gasteiger partial charge in [0, 0.05) is 48.6 Å². The first-order valence-corrected chi connectivity index (χ1v) is 12.6. The molecule has 0 aliphatic rings. The molecule has 0 aliphatic carbocycles. The number of fused-ring (bicyclic) bond motifs is 1. The van der Waals surface area contributed by atoms with Crippen LogP contribution in [0, 0.1) is 11.8 Å². The number of likely N-dealkylation sites (N-methyl/N-ethyl adjacent to an activating group) is 1. The van der Waals surface area contributed by atoms with Crippen molar-refractivity contribution >= 4 is 28.7 Å². The zero-order valence-electron chi connectivity index (χ0n) is 23.7. The van der Waals surface area contributed by atoms with Crippen LogP contribution in [-0.2, 0) is 26.8 Å². The lowest BCUT2D eigenvalue weighted by Gasteiger charge is -2.30. The lowest BCUT2D eigenvalue weighted by atomic mass is 9.81. The minimum absolute atomic E-state index is 0.0271. The zero-order valence-corrected chi connectivity index (χ0v) is 23.7. The third-order valence-electron chi connectivity index (χ3n) is 5.95. The van der Waals surface area contributed by atoms with Crippen LogP contribution in [0.2, 0.25) is 0 Å². The molecule has 2 amide bonds. The first kappa shape index (κ1) is 30.9. The van der Waals surface area contributed by atoms with Crippen LogP contribution in [0.3, 0.4) is 0 Å². The Hall–Kier alpha value is -3.09. The van der Waals surface area contributed by atoms with Crippen molar-refractivity contribution in [2.75, 3.05) is 13.6 Å². The molecule has 7 heteroatoms. The van der Waals surface area contributed by atoms with Crippen LogP contribution < -0.4 is 5.32 Å². The van der Waals surface area contributed by atoms with Gasteiger partial charge in [0.05, 0.1) is 12.6 Å². The average Bonchev–Trinajstić information content (AvgIpc) is 3.12. The maximum Gasteiger partial charge on any atom is 0.331 e. The second-order valence-electron chi connectivity index (χ2n) is 11.1. The molecule has 1 aromatic carbocycles. The van der Waals surface area contributed by atoms with E-state index in [4.69, 9.17) is 5.11 Å². The van der Waals surface area contributed by atoms with Gasteiger partial charge in [-0.15, -0.1) is 0 Å². The topological polar surface area (TPSA) is 91.6 Å². The van der Waals surface area contributed by atoms with E-state index in [9.17, 15) is 14.4 Å². The summed E-state index contributed by atoms with van der Waals surface area (Å²) >= 11 is 0. The highest BCUT2D eigenvalue weighted by atomic mass is 16.4. The van der Waals surface area contributed by atoms with Crippen LogP contribution in [0.1, 0.15) is 67.4 Å². The Morgan fingerprint density at radius 2 is 1.67 bits per heavy atom. The second kappa shape index (κ2) is 13.3. The monoisotopic (exact) mass is 499 g/mol. The highest BCUT2D eigenvalue weighted by Crippen LogP contribution is 2.34. The minimum Gasteiger partial charge on any atom is -0.478 e. The molecule has 0 spiro atoms. The van der Waals surface area contributed by atoms with Crippen molar-refractivity contribution < 1.29 is 19.5 Å². The number of aliphatic carboxylic acids is 1. The van der Waals surface area contributed by atoms with Gasteiger partial charge in [0.25, 0.3) is 0 Å². The van der Waals surface area contributed by atoms with Crippen LogP contribution in [-0.4, -0.2) is 52.0 Å². The number of rotatable bonds is 9. The number of aryl methyl sites for hydroxylation is 1. The van der Waals surface area contributed by atoms with Gasteiger partial charge in [0.1, 0.15) is 0 Å². The molecular weight excluding hydrogens is 454 g/mol. The van der Waals surface area contributed by atoms with Gasteiger partial charge in [-0.05, 0) is 30.4 Å². The summed E-state index contributed by atoms with van der Waals surface area (Å²) in [6.07, 6.45) is 3.88. The molecule has 0 fully saturated rings. The Labute approximate surface area is 216 Å². The number of aromatic nitrogens is 1. The summed E-state index contributed by atoms with van der Waals surface area (Å²) in [5.74, 6) is -0.628. The Morgan fingerprint density at radius 1 is 1.11 bits per heavy atom. The highest BCUT2D eigenvalue weighted by molar-refractivity contribution is 5.89. The molecular formula is C29H45N3O4. The predicted molar refractivity (Wildman–Crippen MR) is 147 cm³/mol. The van der Waals surface area contributed by atoms with E-state index in [1.165, 1.54) is 11.8 Å². The molecule has 1 aromatic heterocycles. The van der Waals surface area contributed by atoms with Gasteiger partial charge in [0.15, 0.2) is 0 Å². The molecule has 36 heavy (non-hydrogen) atoms. The van der Waals surface area contributed by atoms with Gasteiger partial charge < -0.3 is 19.9 Å². The number of hydrogen-bond acceptors (Lipinski definition) is 3. The first-order valence-electron chi connectivity index (χ1n) is 12.6. The number of amides is 2. The number of nitrogens with zero attached hydrogens (tertiary/aromatic N) is 2. The van der Waals surface area contributed by atoms with Crippen molar-refractivity contribution in [2.45, 2.75) is 73.3 Å². The van der Waals surface area contributed by atoms with E-state index in [0.717, 1.165) is 22.4 Å². The van der Waals surface area contributed by atoms with Crippen molar-refractivity contribution in [1.29, 1.82) is 0 Å². The predicted octanol–water partition coefficient (Wildman–Crippen LogP) is 5.14. The van der Waals surface area contributed by atoms with Gasteiger partial charge in [-0.1, -0.05) is 72.7 Å². The standard InChI is InChI=1S/C25H35N3O4.C4H10/c1-16(2)21(12-17(3)24(31)32)28(7)23(30)14-26-22(29)13-25(4,5)19-15-27(6)20-11-9-8-10-18(19)20;1-4(2)3/h8-12,15-16,21H,13-14H2,1-7H3,(H,26,29)(H,31,32);4H,1-3H3/b17-12+;/t21-;/m1./s1. The summed E-state index contributed by atoms with van der Waals surface area (Å²) in [5, 5.41) is 13.0. The fourth-order valence-electron chi connectivity index (χ4n) is 3.98. The van der Waals surface area contributed by atoms with Crippen LogP contribution in [0.4, 0.5) is 0 Å². The summed E-state index contributed by atoms with van der Waals surface area (Å²) in [6, 6.07) is 7.72. The number of carbonyl (C=O) groups excluding carboxylic acids is 2. The number of nitrogens with one attached hydrogen (secondary N) is 1. The molecule has 0 saturated heterocycles. The summed E-state index contributed by atoms with van der Waals surface area (Å²) in [6.45, 7) is 15.8. The van der Waals surface area contributed by atoms with Crippen molar-refractivity contribution in [3.8, 4) is 0 Å². The second-order valence-corrected chi connectivity index (χ2v) is 11.1. The van der Waals surface area contributed by atoms with Gasteiger partial charge in [0.2, 0.25) is 11.8 Å². The third kappa shape index (κ3) is 8.85. The Balaban J connectivity index is 0.00000150. The number of carbonyl (C=O) groups is 3. The molecule has 2 rings (SSSR count).